The van der Waals surface area contributed by atoms with Gasteiger partial charge in [0.25, 0.3) is 0 Å². The number of morpholine rings is 1. The molecule has 0 bridgehead atoms. The van der Waals surface area contributed by atoms with E-state index < -0.39 is 0 Å². The lowest BCUT2D eigenvalue weighted by atomic mass is 9.96. The molecule has 4 aromatic rings. The molecule has 0 radical (unpaired) electrons. The predicted molar refractivity (Wildman–Crippen MR) is 148 cm³/mol. The Morgan fingerprint density at radius 3 is 2.44 bits per heavy atom. The minimum atomic E-state index is 0.148. The molecule has 2 fully saturated rings. The maximum atomic E-state index is 5.79. The number of hydrogen-bond acceptors (Lipinski definition) is 10. The van der Waals surface area contributed by atoms with Crippen LogP contribution in [0.1, 0.15) is 35.4 Å². The van der Waals surface area contributed by atoms with E-state index in [1.54, 1.807) is 6.33 Å². The number of piperazine rings is 1. The lowest BCUT2D eigenvalue weighted by Crippen LogP contribution is -2.47. The van der Waals surface area contributed by atoms with Crippen LogP contribution >= 0.6 is 0 Å². The van der Waals surface area contributed by atoms with Gasteiger partial charge < -0.3 is 19.9 Å². The van der Waals surface area contributed by atoms with Crippen LogP contribution in [0, 0.1) is 0 Å². The van der Waals surface area contributed by atoms with E-state index in [4.69, 9.17) is 9.72 Å². The first-order valence-electron chi connectivity index (χ1n) is 13.6. The lowest BCUT2D eigenvalue weighted by molar-refractivity contribution is 0.0161. The minimum absolute atomic E-state index is 0.148. The molecule has 0 spiro atoms. The third-order valence-corrected chi connectivity index (χ3v) is 7.36. The molecule has 1 N–H and O–H groups in total. The van der Waals surface area contributed by atoms with Crippen LogP contribution in [0.25, 0.3) is 0 Å². The van der Waals surface area contributed by atoms with Crippen LogP contribution in [0.5, 0.6) is 0 Å². The lowest BCUT2D eigenvalue weighted by Gasteiger charge is -2.34. The third-order valence-electron chi connectivity index (χ3n) is 7.36. The molecule has 0 aliphatic carbocycles. The Morgan fingerprint density at radius 2 is 1.69 bits per heavy atom. The van der Waals surface area contributed by atoms with Crippen molar-refractivity contribution in [1.29, 1.82) is 0 Å². The first-order chi connectivity index (χ1) is 19.2. The molecule has 11 nitrogen and oxygen atoms in total. The summed E-state index contributed by atoms with van der Waals surface area (Å²) >= 11 is 0. The second-order valence-electron chi connectivity index (χ2n) is 10.1. The number of anilines is 2. The standard InChI is InChI=1S/C28H34N10O/c1-21(23-5-3-2-4-6-23)24-15-30-27(31-16-24)36-8-10-37(11-9-36)28-33-20-32-26(35-28)13-22-14-34-38(18-22)19-25-17-29-7-12-39-25/h2-6,14-16,18,20-21,25,29H,7-13,17,19H2,1H3/t21-,25+/m1/s1. The fourth-order valence-corrected chi connectivity index (χ4v) is 5.04. The summed E-state index contributed by atoms with van der Waals surface area (Å²) in [6.07, 6.45) is 10.2. The van der Waals surface area contributed by atoms with Crippen LogP contribution in [-0.2, 0) is 17.7 Å². The molecule has 11 heteroatoms. The van der Waals surface area contributed by atoms with Crippen molar-refractivity contribution in [2.24, 2.45) is 0 Å². The van der Waals surface area contributed by atoms with Gasteiger partial charge in [-0.3, -0.25) is 4.68 Å². The van der Waals surface area contributed by atoms with Crippen LogP contribution in [0.4, 0.5) is 11.9 Å². The van der Waals surface area contributed by atoms with Gasteiger partial charge in [-0.05, 0) is 16.7 Å². The summed E-state index contributed by atoms with van der Waals surface area (Å²) in [5.41, 5.74) is 3.45. The van der Waals surface area contributed by atoms with E-state index in [-0.39, 0.29) is 12.0 Å². The van der Waals surface area contributed by atoms with Gasteiger partial charge in [-0.25, -0.2) is 19.9 Å². The maximum Gasteiger partial charge on any atom is 0.228 e. The molecule has 5 heterocycles. The number of nitrogens with zero attached hydrogens (tertiary/aromatic N) is 9. The minimum Gasteiger partial charge on any atom is -0.374 e. The fourth-order valence-electron chi connectivity index (χ4n) is 5.04. The molecule has 0 saturated carbocycles. The average molecular weight is 527 g/mol. The molecule has 2 atom stereocenters. The highest BCUT2D eigenvalue weighted by Gasteiger charge is 2.22. The van der Waals surface area contributed by atoms with Gasteiger partial charge in [-0.1, -0.05) is 37.3 Å². The van der Waals surface area contributed by atoms with Gasteiger partial charge in [0, 0.05) is 70.2 Å². The molecule has 6 rings (SSSR count). The van der Waals surface area contributed by atoms with E-state index >= 15 is 0 Å². The smallest absolute Gasteiger partial charge is 0.228 e. The summed E-state index contributed by atoms with van der Waals surface area (Å²) in [5, 5.41) is 7.85. The molecule has 3 aromatic heterocycles. The molecule has 0 amide bonds. The van der Waals surface area contributed by atoms with E-state index in [0.717, 1.165) is 75.3 Å². The maximum absolute atomic E-state index is 5.79. The topological polar surface area (TPSA) is 110 Å². The molecular weight excluding hydrogens is 492 g/mol. The van der Waals surface area contributed by atoms with Crippen LogP contribution in [0.3, 0.4) is 0 Å². The van der Waals surface area contributed by atoms with Crippen molar-refractivity contribution in [3.8, 4) is 0 Å². The normalized spacial score (nSPS) is 18.7. The molecule has 2 saturated heterocycles. The number of benzene rings is 1. The van der Waals surface area contributed by atoms with E-state index in [1.165, 1.54) is 5.56 Å². The Kier molecular flexibility index (Phi) is 7.68. The predicted octanol–water partition coefficient (Wildman–Crippen LogP) is 1.92. The van der Waals surface area contributed by atoms with Crippen molar-refractivity contribution in [2.75, 3.05) is 55.7 Å². The quantitative estimate of drug-likeness (QED) is 0.366. The van der Waals surface area contributed by atoms with E-state index in [9.17, 15) is 0 Å². The zero-order valence-corrected chi connectivity index (χ0v) is 22.2. The fraction of sp³-hybridized carbons (Fsp3) is 0.429. The van der Waals surface area contributed by atoms with Crippen molar-refractivity contribution < 1.29 is 4.74 Å². The van der Waals surface area contributed by atoms with E-state index in [2.05, 4.69) is 71.3 Å². The SMILES string of the molecule is C[C@H](c1ccccc1)c1cnc(N2CCN(c3ncnc(Cc4cnn(C[C@@H]5CNCCO5)c4)n3)CC2)nc1. The molecule has 1 aromatic carbocycles. The largest absolute Gasteiger partial charge is 0.374 e. The van der Waals surface area contributed by atoms with E-state index in [0.29, 0.717) is 12.4 Å². The van der Waals surface area contributed by atoms with Crippen molar-refractivity contribution >= 4 is 11.9 Å². The van der Waals surface area contributed by atoms with Crippen molar-refractivity contribution in [1.82, 2.24) is 40.0 Å². The van der Waals surface area contributed by atoms with Crippen LogP contribution in [0.15, 0.2) is 61.4 Å². The monoisotopic (exact) mass is 526 g/mol. The average Bonchev–Trinajstić information content (AvgIpc) is 3.44. The summed E-state index contributed by atoms with van der Waals surface area (Å²) < 4.78 is 7.72. The summed E-state index contributed by atoms with van der Waals surface area (Å²) in [6.45, 7) is 8.62. The molecule has 39 heavy (non-hydrogen) atoms. The van der Waals surface area contributed by atoms with E-state index in [1.807, 2.05) is 35.5 Å². The highest BCUT2D eigenvalue weighted by Crippen LogP contribution is 2.24. The second-order valence-corrected chi connectivity index (χ2v) is 10.1. The molecule has 202 valence electrons. The Morgan fingerprint density at radius 1 is 0.923 bits per heavy atom. The van der Waals surface area contributed by atoms with Crippen molar-refractivity contribution in [3.63, 3.8) is 0 Å². The zero-order chi connectivity index (χ0) is 26.4. The number of ether oxygens (including phenoxy) is 1. The van der Waals surface area contributed by atoms with Crippen LogP contribution < -0.4 is 15.1 Å². The van der Waals surface area contributed by atoms with Gasteiger partial charge in [0.05, 0.1) is 25.5 Å². The summed E-state index contributed by atoms with van der Waals surface area (Å²) in [5.74, 6) is 2.47. The Labute approximate surface area is 228 Å². The van der Waals surface area contributed by atoms with Crippen LogP contribution in [0.2, 0.25) is 0 Å². The van der Waals surface area contributed by atoms with Gasteiger partial charge in [-0.2, -0.15) is 10.1 Å². The number of aromatic nitrogens is 7. The summed E-state index contributed by atoms with van der Waals surface area (Å²) in [6, 6.07) is 10.5. The Bertz CT molecular complexity index is 1330. The van der Waals surface area contributed by atoms with Gasteiger partial charge in [0.1, 0.15) is 12.2 Å². The molecule has 0 unspecified atom stereocenters. The van der Waals surface area contributed by atoms with Crippen molar-refractivity contribution in [3.05, 3.63) is 84.0 Å². The number of rotatable bonds is 8. The first-order valence-corrected chi connectivity index (χ1v) is 13.6. The Balaban J connectivity index is 1.03. The van der Waals surface area contributed by atoms with Gasteiger partial charge in [0.15, 0.2) is 0 Å². The Hall–Kier alpha value is -3.96. The highest BCUT2D eigenvalue weighted by molar-refractivity contribution is 5.38. The van der Waals surface area contributed by atoms with Crippen molar-refractivity contribution in [2.45, 2.75) is 31.9 Å². The van der Waals surface area contributed by atoms with Gasteiger partial charge >= 0.3 is 0 Å². The number of nitrogens with one attached hydrogen (secondary N) is 1. The summed E-state index contributed by atoms with van der Waals surface area (Å²) in [4.78, 5) is 27.4. The van der Waals surface area contributed by atoms with Gasteiger partial charge in [-0.15, -0.1) is 0 Å². The molecule has 2 aliphatic rings. The first kappa shape index (κ1) is 25.3. The molecule has 2 aliphatic heterocycles. The molecular formula is C28H34N10O. The zero-order valence-electron chi connectivity index (χ0n) is 22.2. The highest BCUT2D eigenvalue weighted by atomic mass is 16.5. The second kappa shape index (κ2) is 11.8. The third kappa shape index (κ3) is 6.21. The van der Waals surface area contributed by atoms with Crippen LogP contribution in [-0.4, -0.2) is 86.7 Å². The summed E-state index contributed by atoms with van der Waals surface area (Å²) in [7, 11) is 0. The van der Waals surface area contributed by atoms with Gasteiger partial charge in [0.2, 0.25) is 11.9 Å². The number of hydrogen-bond donors (Lipinski definition) is 1.